The van der Waals surface area contributed by atoms with Crippen LogP contribution in [0.5, 0.6) is 5.75 Å². The largest absolute Gasteiger partial charge is 0.461 e. The van der Waals surface area contributed by atoms with E-state index < -0.39 is 0 Å². The van der Waals surface area contributed by atoms with Gasteiger partial charge in [-0.15, -0.1) is 0 Å². The Morgan fingerprint density at radius 1 is 0.633 bits per heavy atom. The summed E-state index contributed by atoms with van der Waals surface area (Å²) in [5.74, 6) is 3.96. The zero-order chi connectivity index (χ0) is 32.3. The van der Waals surface area contributed by atoms with Gasteiger partial charge in [-0.3, -0.25) is 0 Å². The van der Waals surface area contributed by atoms with Crippen LogP contribution in [0.3, 0.4) is 0 Å². The van der Waals surface area contributed by atoms with Gasteiger partial charge in [0.05, 0.1) is 11.8 Å². The highest BCUT2D eigenvalue weighted by Crippen LogP contribution is 2.51. The molecular formula is C45H33N3O. The molecule has 0 saturated heterocycles. The monoisotopic (exact) mass is 631 g/mol. The van der Waals surface area contributed by atoms with Crippen molar-refractivity contribution in [3.8, 4) is 39.4 Å². The summed E-state index contributed by atoms with van der Waals surface area (Å²) in [5, 5.41) is 2.64. The summed E-state index contributed by atoms with van der Waals surface area (Å²) < 4.78 is 6.49. The van der Waals surface area contributed by atoms with Crippen molar-refractivity contribution < 1.29 is 4.74 Å². The summed E-state index contributed by atoms with van der Waals surface area (Å²) in [7, 11) is 0. The minimum Gasteiger partial charge on any atom is -0.461 e. The smallest absolute Gasteiger partial charge is 0.163 e. The Labute approximate surface area is 285 Å². The van der Waals surface area contributed by atoms with E-state index in [2.05, 4.69) is 121 Å². The average Bonchev–Trinajstić information content (AvgIpc) is 3.56. The summed E-state index contributed by atoms with van der Waals surface area (Å²) in [6.45, 7) is 0. The Morgan fingerprint density at radius 2 is 1.49 bits per heavy atom. The molecule has 6 aromatic rings. The van der Waals surface area contributed by atoms with Gasteiger partial charge in [0.1, 0.15) is 17.3 Å². The summed E-state index contributed by atoms with van der Waals surface area (Å²) in [6.07, 6.45) is 16.9. The average molecular weight is 632 g/mol. The highest BCUT2D eigenvalue weighted by molar-refractivity contribution is 5.95. The van der Waals surface area contributed by atoms with Crippen LogP contribution in [-0.4, -0.2) is 15.0 Å². The predicted octanol–water partition coefficient (Wildman–Crippen LogP) is 10.6. The molecule has 0 saturated carbocycles. The Morgan fingerprint density at radius 3 is 2.41 bits per heavy atom. The third kappa shape index (κ3) is 4.78. The second-order valence-electron chi connectivity index (χ2n) is 13.4. The van der Waals surface area contributed by atoms with E-state index in [0.29, 0.717) is 5.82 Å². The summed E-state index contributed by atoms with van der Waals surface area (Å²) >= 11 is 0. The molecule has 2 atom stereocenters. The van der Waals surface area contributed by atoms with Crippen molar-refractivity contribution in [3.63, 3.8) is 0 Å². The number of rotatable bonds is 4. The SMILES string of the molecule is C1=CCCC(c2nc(-c3ccccc3)nc(C3C=CC=C4Oc5ccc(-c6ccc7c8c(ccc7c6)-c6ccccc6CC8)cc5C43)n2)=C1. The molecule has 4 nitrogen and oxygen atoms in total. The van der Waals surface area contributed by atoms with Crippen LogP contribution >= 0.6 is 0 Å². The number of hydrogen-bond acceptors (Lipinski definition) is 4. The molecule has 10 rings (SSSR count). The Bertz CT molecular complexity index is 2430. The fourth-order valence-electron chi connectivity index (χ4n) is 8.08. The van der Waals surface area contributed by atoms with Crippen LogP contribution in [0, 0.1) is 0 Å². The molecule has 0 bridgehead atoms. The molecule has 0 spiro atoms. The molecule has 2 unspecified atom stereocenters. The minimum absolute atomic E-state index is 0.0217. The molecule has 4 aliphatic rings. The van der Waals surface area contributed by atoms with Crippen LogP contribution in [0.1, 0.15) is 53.0 Å². The molecule has 1 aliphatic heterocycles. The molecule has 0 amide bonds. The van der Waals surface area contributed by atoms with Crippen LogP contribution in [0.15, 0.2) is 145 Å². The van der Waals surface area contributed by atoms with Crippen molar-refractivity contribution in [1.82, 2.24) is 15.0 Å². The lowest BCUT2D eigenvalue weighted by Gasteiger charge is -2.23. The number of nitrogens with zero attached hydrogens (tertiary/aromatic N) is 3. The molecule has 4 heteroatoms. The van der Waals surface area contributed by atoms with Crippen LogP contribution in [0.4, 0.5) is 0 Å². The molecule has 49 heavy (non-hydrogen) atoms. The lowest BCUT2D eigenvalue weighted by atomic mass is 9.81. The number of allylic oxidation sites excluding steroid dienone is 8. The number of ether oxygens (including phenoxy) is 1. The van der Waals surface area contributed by atoms with Crippen molar-refractivity contribution in [3.05, 3.63) is 174 Å². The number of aryl methyl sites for hydroxylation is 2. The van der Waals surface area contributed by atoms with E-state index in [9.17, 15) is 0 Å². The second kappa shape index (κ2) is 11.4. The molecule has 0 fully saturated rings. The van der Waals surface area contributed by atoms with E-state index in [1.54, 1.807) is 0 Å². The number of aromatic nitrogens is 3. The minimum atomic E-state index is -0.0913. The second-order valence-corrected chi connectivity index (χ2v) is 13.4. The summed E-state index contributed by atoms with van der Waals surface area (Å²) in [5.41, 5.74) is 11.4. The Hall–Kier alpha value is -5.87. The van der Waals surface area contributed by atoms with Crippen LogP contribution in [-0.2, 0) is 12.8 Å². The van der Waals surface area contributed by atoms with Gasteiger partial charge in [-0.05, 0) is 99.7 Å². The first-order valence-electron chi connectivity index (χ1n) is 17.3. The van der Waals surface area contributed by atoms with Gasteiger partial charge in [0.15, 0.2) is 11.6 Å². The normalized spacial score (nSPS) is 18.5. The van der Waals surface area contributed by atoms with Crippen molar-refractivity contribution >= 4 is 16.3 Å². The van der Waals surface area contributed by atoms with Crippen LogP contribution in [0.25, 0.3) is 50.0 Å². The van der Waals surface area contributed by atoms with E-state index in [-0.39, 0.29) is 11.8 Å². The molecule has 1 aromatic heterocycles. The zero-order valence-corrected chi connectivity index (χ0v) is 27.0. The van der Waals surface area contributed by atoms with Crippen molar-refractivity contribution in [2.24, 2.45) is 0 Å². The van der Waals surface area contributed by atoms with Crippen molar-refractivity contribution in [1.29, 1.82) is 0 Å². The summed E-state index contributed by atoms with van der Waals surface area (Å²) in [4.78, 5) is 15.2. The fourth-order valence-corrected chi connectivity index (χ4v) is 8.08. The molecule has 2 heterocycles. The molecular weight excluding hydrogens is 599 g/mol. The van der Waals surface area contributed by atoms with Gasteiger partial charge >= 0.3 is 0 Å². The molecule has 3 aliphatic carbocycles. The first kappa shape index (κ1) is 28.2. The lowest BCUT2D eigenvalue weighted by molar-refractivity contribution is 0.414. The van der Waals surface area contributed by atoms with Gasteiger partial charge < -0.3 is 4.74 Å². The lowest BCUT2D eigenvalue weighted by Crippen LogP contribution is -2.17. The topological polar surface area (TPSA) is 47.9 Å². The van der Waals surface area contributed by atoms with E-state index in [0.717, 1.165) is 60.0 Å². The molecule has 0 radical (unpaired) electrons. The van der Waals surface area contributed by atoms with E-state index in [1.807, 2.05) is 18.2 Å². The van der Waals surface area contributed by atoms with Crippen molar-refractivity contribution in [2.45, 2.75) is 37.5 Å². The number of fused-ring (bicyclic) bond motifs is 8. The van der Waals surface area contributed by atoms with E-state index >= 15 is 0 Å². The maximum atomic E-state index is 6.49. The molecule has 234 valence electrons. The number of benzene rings is 5. The van der Waals surface area contributed by atoms with Gasteiger partial charge in [0.2, 0.25) is 0 Å². The van der Waals surface area contributed by atoms with E-state index in [4.69, 9.17) is 19.7 Å². The van der Waals surface area contributed by atoms with Crippen LogP contribution < -0.4 is 4.74 Å². The van der Waals surface area contributed by atoms with Gasteiger partial charge in [0.25, 0.3) is 0 Å². The third-order valence-electron chi connectivity index (χ3n) is 10.5. The standard InChI is InChI=1S/C45H33N3O/c1-3-11-29(12-4-1)43-46-44(30-13-5-2-6-14-30)48-45(47-43)38-16-9-17-41-42(38)39-27-32(21-25-40(39)49-41)31-19-22-35-33(26-31)20-24-36-34-15-8-7-10-28(34)18-23-37(35)36/h1-5,7-13,15-17,19-22,24-27,38,42H,6,14,18,23H2. The maximum absolute atomic E-state index is 6.49. The van der Waals surface area contributed by atoms with Gasteiger partial charge in [0, 0.05) is 11.1 Å². The van der Waals surface area contributed by atoms with Gasteiger partial charge in [-0.1, -0.05) is 115 Å². The predicted molar refractivity (Wildman–Crippen MR) is 197 cm³/mol. The highest BCUT2D eigenvalue weighted by Gasteiger charge is 2.39. The van der Waals surface area contributed by atoms with Gasteiger partial charge in [-0.25, -0.2) is 15.0 Å². The van der Waals surface area contributed by atoms with Gasteiger partial charge in [-0.2, -0.15) is 0 Å². The molecule has 0 N–H and O–H groups in total. The van der Waals surface area contributed by atoms with Crippen LogP contribution in [0.2, 0.25) is 0 Å². The van der Waals surface area contributed by atoms with Crippen molar-refractivity contribution in [2.75, 3.05) is 0 Å². The first-order valence-corrected chi connectivity index (χ1v) is 17.3. The molecule has 5 aromatic carbocycles. The zero-order valence-electron chi connectivity index (χ0n) is 27.0. The maximum Gasteiger partial charge on any atom is 0.163 e. The number of hydrogen-bond donors (Lipinski definition) is 0. The Kier molecular flexibility index (Phi) is 6.54. The Balaban J connectivity index is 1.04. The fraction of sp³-hybridized carbons (Fsp3) is 0.133. The quantitative estimate of drug-likeness (QED) is 0.194. The third-order valence-corrected chi connectivity index (χ3v) is 10.5. The summed E-state index contributed by atoms with van der Waals surface area (Å²) in [6, 6.07) is 37.3. The highest BCUT2D eigenvalue weighted by atomic mass is 16.5. The first-order chi connectivity index (χ1) is 24.3. The van der Waals surface area contributed by atoms with E-state index in [1.165, 1.54) is 49.7 Å².